The number of ether oxygens (including phenoxy) is 1. The highest BCUT2D eigenvalue weighted by molar-refractivity contribution is 5.38. The van der Waals surface area contributed by atoms with E-state index >= 15 is 0 Å². The second kappa shape index (κ2) is 6.70. The lowest BCUT2D eigenvalue weighted by Crippen LogP contribution is -2.23. The van der Waals surface area contributed by atoms with Crippen molar-refractivity contribution in [3.8, 4) is 5.88 Å². The molecule has 0 radical (unpaired) electrons. The summed E-state index contributed by atoms with van der Waals surface area (Å²) in [4.78, 5) is 16.2. The number of nitrogens with one attached hydrogen (secondary N) is 1. The van der Waals surface area contributed by atoms with Gasteiger partial charge in [0.2, 0.25) is 5.88 Å². The second-order valence-electron chi connectivity index (χ2n) is 4.34. The summed E-state index contributed by atoms with van der Waals surface area (Å²) < 4.78 is 6.43. The summed E-state index contributed by atoms with van der Waals surface area (Å²) in [7, 11) is 1.56. The topological polar surface area (TPSA) is 69.0 Å². The van der Waals surface area contributed by atoms with Crippen LogP contribution in [0.25, 0.3) is 0 Å². The molecule has 0 aliphatic heterocycles. The minimum atomic E-state index is -0.157. The zero-order valence-electron chi connectivity index (χ0n) is 11.7. The summed E-state index contributed by atoms with van der Waals surface area (Å²) >= 11 is 0. The van der Waals surface area contributed by atoms with E-state index in [9.17, 15) is 4.79 Å². The van der Waals surface area contributed by atoms with Crippen LogP contribution in [-0.4, -0.2) is 28.4 Å². The van der Waals surface area contributed by atoms with Crippen molar-refractivity contribution in [2.75, 3.05) is 19.0 Å². The van der Waals surface area contributed by atoms with Crippen LogP contribution in [0.2, 0.25) is 0 Å². The zero-order chi connectivity index (χ0) is 14.4. The second-order valence-corrected chi connectivity index (χ2v) is 4.34. The largest absolute Gasteiger partial charge is 0.481 e. The van der Waals surface area contributed by atoms with Gasteiger partial charge in [0, 0.05) is 18.7 Å². The van der Waals surface area contributed by atoms with E-state index in [0.29, 0.717) is 12.4 Å². The fourth-order valence-electron chi connectivity index (χ4n) is 1.73. The van der Waals surface area contributed by atoms with Gasteiger partial charge in [-0.25, -0.2) is 9.67 Å². The maximum atomic E-state index is 12.0. The predicted octanol–water partition coefficient (Wildman–Crippen LogP) is 1.52. The van der Waals surface area contributed by atoms with Gasteiger partial charge in [-0.2, -0.15) is 5.10 Å². The third-order valence-electron chi connectivity index (χ3n) is 2.75. The van der Waals surface area contributed by atoms with Gasteiger partial charge in [0.05, 0.1) is 31.2 Å². The smallest absolute Gasteiger partial charge is 0.269 e. The van der Waals surface area contributed by atoms with Gasteiger partial charge in [-0.1, -0.05) is 13.0 Å². The van der Waals surface area contributed by atoms with Crippen molar-refractivity contribution in [2.24, 2.45) is 0 Å². The van der Waals surface area contributed by atoms with Crippen LogP contribution in [0, 0.1) is 0 Å². The molecule has 0 aromatic carbocycles. The maximum Gasteiger partial charge on any atom is 0.269 e. The molecular formula is C14H18N4O2. The molecule has 0 atom stereocenters. The number of hydrogen-bond acceptors (Lipinski definition) is 5. The van der Waals surface area contributed by atoms with Crippen molar-refractivity contribution < 1.29 is 4.74 Å². The average Bonchev–Trinajstić information content (AvgIpc) is 2.48. The Morgan fingerprint density at radius 2 is 2.25 bits per heavy atom. The monoisotopic (exact) mass is 274 g/mol. The first-order valence-electron chi connectivity index (χ1n) is 6.54. The van der Waals surface area contributed by atoms with Gasteiger partial charge >= 0.3 is 0 Å². The van der Waals surface area contributed by atoms with Crippen LogP contribution in [0.3, 0.4) is 0 Å². The molecule has 2 aromatic heterocycles. The van der Waals surface area contributed by atoms with Crippen molar-refractivity contribution in [1.29, 1.82) is 0 Å². The van der Waals surface area contributed by atoms with Crippen LogP contribution in [0.4, 0.5) is 5.69 Å². The Balaban J connectivity index is 2.15. The molecule has 2 aromatic rings. The number of nitrogens with zero attached hydrogens (tertiary/aromatic N) is 3. The maximum absolute atomic E-state index is 12.0. The molecule has 0 amide bonds. The molecule has 2 rings (SSSR count). The molecule has 2 heterocycles. The summed E-state index contributed by atoms with van der Waals surface area (Å²) in [6, 6.07) is 6.98. The number of anilines is 1. The Labute approximate surface area is 117 Å². The van der Waals surface area contributed by atoms with Crippen molar-refractivity contribution in [1.82, 2.24) is 14.8 Å². The third kappa shape index (κ3) is 3.57. The van der Waals surface area contributed by atoms with E-state index in [0.717, 1.165) is 24.3 Å². The van der Waals surface area contributed by atoms with Crippen LogP contribution in [0.5, 0.6) is 5.88 Å². The number of pyridine rings is 1. The quantitative estimate of drug-likeness (QED) is 0.865. The molecule has 20 heavy (non-hydrogen) atoms. The molecule has 0 aliphatic carbocycles. The van der Waals surface area contributed by atoms with Crippen LogP contribution in [0.1, 0.15) is 19.0 Å². The fourth-order valence-corrected chi connectivity index (χ4v) is 1.73. The van der Waals surface area contributed by atoms with Gasteiger partial charge in [0.25, 0.3) is 5.56 Å². The van der Waals surface area contributed by atoms with E-state index in [1.54, 1.807) is 25.4 Å². The first-order chi connectivity index (χ1) is 9.72. The first-order valence-corrected chi connectivity index (χ1v) is 6.54. The summed E-state index contributed by atoms with van der Waals surface area (Å²) in [5, 5.41) is 7.28. The molecule has 0 unspecified atom stereocenters. The highest BCUT2D eigenvalue weighted by Crippen LogP contribution is 2.07. The molecule has 1 N–H and O–H groups in total. The molecule has 6 nitrogen and oxygen atoms in total. The Hall–Kier alpha value is -2.37. The van der Waals surface area contributed by atoms with E-state index in [2.05, 4.69) is 22.3 Å². The molecule has 6 heteroatoms. The van der Waals surface area contributed by atoms with Crippen LogP contribution in [-0.2, 0) is 6.54 Å². The lowest BCUT2D eigenvalue weighted by atomic mass is 10.3. The lowest BCUT2D eigenvalue weighted by Gasteiger charge is -2.07. The van der Waals surface area contributed by atoms with E-state index < -0.39 is 0 Å². The Morgan fingerprint density at radius 1 is 1.40 bits per heavy atom. The fraction of sp³-hybridized carbons (Fsp3) is 0.357. The molecule has 106 valence electrons. The Kier molecular flexibility index (Phi) is 4.70. The number of aromatic nitrogens is 3. The van der Waals surface area contributed by atoms with Crippen LogP contribution < -0.4 is 15.6 Å². The van der Waals surface area contributed by atoms with Gasteiger partial charge in [-0.05, 0) is 12.5 Å². The van der Waals surface area contributed by atoms with E-state index in [-0.39, 0.29) is 5.56 Å². The Morgan fingerprint density at radius 3 is 2.95 bits per heavy atom. The van der Waals surface area contributed by atoms with E-state index in [4.69, 9.17) is 4.74 Å². The number of methoxy groups -OCH3 is 1. The van der Waals surface area contributed by atoms with Crippen molar-refractivity contribution in [3.63, 3.8) is 0 Å². The van der Waals surface area contributed by atoms with Crippen molar-refractivity contribution in [2.45, 2.75) is 19.9 Å². The van der Waals surface area contributed by atoms with Gasteiger partial charge in [-0.15, -0.1) is 0 Å². The van der Waals surface area contributed by atoms with Crippen molar-refractivity contribution >= 4 is 5.69 Å². The summed E-state index contributed by atoms with van der Waals surface area (Å²) in [5.74, 6) is 0.525. The van der Waals surface area contributed by atoms with E-state index in [1.807, 2.05) is 12.1 Å². The predicted molar refractivity (Wildman–Crippen MR) is 77.2 cm³/mol. The first kappa shape index (κ1) is 14.0. The standard InChI is InChI=1S/C14H18N4O2/c1-3-7-15-12-8-14(19)18(16-9-12)10-11-5-4-6-13(17-11)20-2/h4-6,8-9,15H,3,7,10H2,1-2H3. The molecular weight excluding hydrogens is 256 g/mol. The van der Waals surface area contributed by atoms with Gasteiger partial charge < -0.3 is 10.1 Å². The average molecular weight is 274 g/mol. The molecule has 0 saturated carbocycles. The molecule has 0 aliphatic rings. The highest BCUT2D eigenvalue weighted by Gasteiger charge is 2.03. The molecule has 0 spiro atoms. The number of rotatable bonds is 6. The molecule has 0 bridgehead atoms. The summed E-state index contributed by atoms with van der Waals surface area (Å²) in [5.41, 5.74) is 1.32. The normalized spacial score (nSPS) is 10.3. The third-order valence-corrected chi connectivity index (χ3v) is 2.75. The lowest BCUT2D eigenvalue weighted by molar-refractivity contribution is 0.395. The summed E-state index contributed by atoms with van der Waals surface area (Å²) in [6.45, 7) is 3.21. The SMILES string of the molecule is CCCNc1cnn(Cc2cccc(OC)n2)c(=O)c1. The molecule has 0 fully saturated rings. The van der Waals surface area contributed by atoms with Gasteiger partial charge in [-0.3, -0.25) is 4.79 Å². The van der Waals surface area contributed by atoms with Crippen LogP contribution >= 0.6 is 0 Å². The number of hydrogen-bond donors (Lipinski definition) is 1. The van der Waals surface area contributed by atoms with Crippen LogP contribution in [0.15, 0.2) is 35.3 Å². The Bertz CT molecular complexity index is 625. The van der Waals surface area contributed by atoms with Gasteiger partial charge in [0.15, 0.2) is 0 Å². The minimum Gasteiger partial charge on any atom is -0.481 e. The zero-order valence-corrected chi connectivity index (χ0v) is 11.7. The van der Waals surface area contributed by atoms with E-state index in [1.165, 1.54) is 4.68 Å². The summed E-state index contributed by atoms with van der Waals surface area (Å²) in [6.07, 6.45) is 2.65. The van der Waals surface area contributed by atoms with Crippen molar-refractivity contribution in [3.05, 3.63) is 46.5 Å². The minimum absolute atomic E-state index is 0.157. The van der Waals surface area contributed by atoms with Gasteiger partial charge in [0.1, 0.15) is 0 Å². The highest BCUT2D eigenvalue weighted by atomic mass is 16.5. The molecule has 0 saturated heterocycles.